The zero-order valence-corrected chi connectivity index (χ0v) is 13.7. The molecule has 0 heterocycles. The smallest absolute Gasteiger partial charge is 0.258 e. The van der Waals surface area contributed by atoms with Crippen LogP contribution < -0.4 is 10.2 Å². The third-order valence-electron chi connectivity index (χ3n) is 3.15. The second-order valence-corrected chi connectivity index (χ2v) is 5.89. The molecule has 0 spiro atoms. The van der Waals surface area contributed by atoms with Crippen LogP contribution in [0.15, 0.2) is 40.9 Å². The van der Waals surface area contributed by atoms with Crippen LogP contribution >= 0.6 is 15.9 Å². The van der Waals surface area contributed by atoms with Crippen molar-refractivity contribution in [3.63, 3.8) is 0 Å². The largest absolute Gasteiger partial charge is 0.378 e. The molecule has 0 aromatic heterocycles. The first-order valence-corrected chi connectivity index (χ1v) is 7.22. The Labute approximate surface area is 131 Å². The number of amides is 1. The summed E-state index contributed by atoms with van der Waals surface area (Å²) in [5.74, 6) is -1.01. The molecule has 0 unspecified atom stereocenters. The van der Waals surface area contributed by atoms with Crippen LogP contribution in [0.1, 0.15) is 15.9 Å². The van der Waals surface area contributed by atoms with E-state index in [1.807, 2.05) is 44.1 Å². The van der Waals surface area contributed by atoms with E-state index in [1.165, 1.54) is 12.1 Å². The lowest BCUT2D eigenvalue weighted by Gasteiger charge is -2.15. The van der Waals surface area contributed by atoms with Crippen LogP contribution in [0.2, 0.25) is 0 Å². The van der Waals surface area contributed by atoms with Crippen LogP contribution in [0.4, 0.5) is 15.8 Å². The fraction of sp³-hybridized carbons (Fsp3) is 0.188. The van der Waals surface area contributed by atoms with E-state index >= 15 is 0 Å². The van der Waals surface area contributed by atoms with Crippen molar-refractivity contribution in [2.45, 2.75) is 6.92 Å². The van der Waals surface area contributed by atoms with Gasteiger partial charge in [-0.25, -0.2) is 4.39 Å². The molecule has 0 saturated carbocycles. The quantitative estimate of drug-likeness (QED) is 0.898. The van der Waals surface area contributed by atoms with E-state index in [4.69, 9.17) is 0 Å². The Kier molecular flexibility index (Phi) is 4.63. The molecule has 0 radical (unpaired) electrons. The lowest BCUT2D eigenvalue weighted by atomic mass is 10.1. The van der Waals surface area contributed by atoms with E-state index in [0.29, 0.717) is 10.2 Å². The third kappa shape index (κ3) is 3.61. The number of halogens is 2. The van der Waals surface area contributed by atoms with Gasteiger partial charge in [0.15, 0.2) is 0 Å². The van der Waals surface area contributed by atoms with Crippen LogP contribution in [0.25, 0.3) is 0 Å². The van der Waals surface area contributed by atoms with Crippen molar-refractivity contribution in [2.24, 2.45) is 0 Å². The molecular weight excluding hydrogens is 335 g/mol. The molecule has 0 fully saturated rings. The van der Waals surface area contributed by atoms with Crippen molar-refractivity contribution in [1.29, 1.82) is 0 Å². The number of anilines is 2. The lowest BCUT2D eigenvalue weighted by molar-refractivity contribution is 0.102. The average Bonchev–Trinajstić information content (AvgIpc) is 2.43. The summed E-state index contributed by atoms with van der Waals surface area (Å²) in [6.45, 7) is 1.90. The first kappa shape index (κ1) is 15.5. The van der Waals surface area contributed by atoms with Crippen LogP contribution in [0, 0.1) is 12.7 Å². The Hall–Kier alpha value is -1.88. The first-order chi connectivity index (χ1) is 9.88. The van der Waals surface area contributed by atoms with Gasteiger partial charge in [-0.1, -0.05) is 15.9 Å². The Morgan fingerprint density at radius 1 is 1.19 bits per heavy atom. The predicted octanol–water partition coefficient (Wildman–Crippen LogP) is 4.21. The highest BCUT2D eigenvalue weighted by Crippen LogP contribution is 2.23. The summed E-state index contributed by atoms with van der Waals surface area (Å²) in [7, 11) is 3.90. The summed E-state index contributed by atoms with van der Waals surface area (Å²) in [4.78, 5) is 14.2. The summed E-state index contributed by atoms with van der Waals surface area (Å²) in [5, 5.41) is 2.74. The zero-order chi connectivity index (χ0) is 15.6. The van der Waals surface area contributed by atoms with Gasteiger partial charge in [0.05, 0.1) is 5.56 Å². The topological polar surface area (TPSA) is 32.3 Å². The highest BCUT2D eigenvalue weighted by molar-refractivity contribution is 9.10. The molecule has 3 nitrogen and oxygen atoms in total. The molecule has 0 aliphatic rings. The Morgan fingerprint density at radius 2 is 1.90 bits per heavy atom. The number of carbonyl (C=O) groups excluding carboxylic acids is 1. The summed E-state index contributed by atoms with van der Waals surface area (Å²) in [5.41, 5.74) is 2.65. The maximum absolute atomic E-state index is 13.7. The minimum absolute atomic E-state index is 0.0143. The van der Waals surface area contributed by atoms with Gasteiger partial charge in [0.25, 0.3) is 5.91 Å². The number of rotatable bonds is 3. The number of nitrogens with one attached hydrogen (secondary N) is 1. The van der Waals surface area contributed by atoms with Gasteiger partial charge in [0, 0.05) is 29.9 Å². The van der Waals surface area contributed by atoms with Gasteiger partial charge in [-0.05, 0) is 48.9 Å². The first-order valence-electron chi connectivity index (χ1n) is 6.43. The molecule has 5 heteroatoms. The van der Waals surface area contributed by atoms with Crippen molar-refractivity contribution in [1.82, 2.24) is 0 Å². The van der Waals surface area contributed by atoms with Gasteiger partial charge < -0.3 is 10.2 Å². The summed E-state index contributed by atoms with van der Waals surface area (Å²) < 4.78 is 14.4. The maximum Gasteiger partial charge on any atom is 0.258 e. The third-order valence-corrected chi connectivity index (χ3v) is 3.64. The SMILES string of the molecule is Cc1cc(N(C)C)ccc1NC(=O)c1cc(Br)ccc1F. The van der Waals surface area contributed by atoms with Crippen molar-refractivity contribution < 1.29 is 9.18 Å². The predicted molar refractivity (Wildman–Crippen MR) is 87.6 cm³/mol. The molecule has 2 aromatic rings. The molecule has 0 aliphatic heterocycles. The number of hydrogen-bond donors (Lipinski definition) is 1. The molecule has 21 heavy (non-hydrogen) atoms. The minimum Gasteiger partial charge on any atom is -0.378 e. The van der Waals surface area contributed by atoms with Crippen LogP contribution in [0.3, 0.4) is 0 Å². The highest BCUT2D eigenvalue weighted by Gasteiger charge is 2.13. The van der Waals surface area contributed by atoms with Crippen molar-refractivity contribution in [2.75, 3.05) is 24.3 Å². The van der Waals surface area contributed by atoms with E-state index < -0.39 is 11.7 Å². The van der Waals surface area contributed by atoms with Gasteiger partial charge in [-0.2, -0.15) is 0 Å². The van der Waals surface area contributed by atoms with Crippen LogP contribution in [-0.2, 0) is 0 Å². The van der Waals surface area contributed by atoms with Crippen molar-refractivity contribution in [3.05, 3.63) is 57.8 Å². The number of carbonyl (C=O) groups is 1. The summed E-state index contributed by atoms with van der Waals surface area (Å²) in [6, 6.07) is 9.98. The van der Waals surface area contributed by atoms with Gasteiger partial charge in [-0.15, -0.1) is 0 Å². The molecule has 1 N–H and O–H groups in total. The molecule has 1 amide bonds. The molecule has 2 aromatic carbocycles. The van der Waals surface area contributed by atoms with Crippen LogP contribution in [-0.4, -0.2) is 20.0 Å². The van der Waals surface area contributed by atoms with E-state index in [-0.39, 0.29) is 5.56 Å². The Morgan fingerprint density at radius 3 is 2.52 bits per heavy atom. The Balaban J connectivity index is 2.25. The van der Waals surface area contributed by atoms with E-state index in [1.54, 1.807) is 6.07 Å². The standard InChI is InChI=1S/C16H16BrFN2O/c1-10-8-12(20(2)3)5-7-15(10)19-16(21)13-9-11(17)4-6-14(13)18/h4-9H,1-3H3,(H,19,21). The van der Waals surface area contributed by atoms with Crippen LogP contribution in [0.5, 0.6) is 0 Å². The molecule has 0 bridgehead atoms. The van der Waals surface area contributed by atoms with Gasteiger partial charge in [0.2, 0.25) is 0 Å². The minimum atomic E-state index is -0.543. The van der Waals surface area contributed by atoms with Gasteiger partial charge >= 0.3 is 0 Å². The maximum atomic E-state index is 13.7. The molecule has 0 aliphatic carbocycles. The summed E-state index contributed by atoms with van der Waals surface area (Å²) in [6.07, 6.45) is 0. The molecule has 0 atom stereocenters. The molecular formula is C16H16BrFN2O. The Bertz CT molecular complexity index is 686. The second kappa shape index (κ2) is 6.26. The summed E-state index contributed by atoms with van der Waals surface area (Å²) >= 11 is 3.24. The highest BCUT2D eigenvalue weighted by atomic mass is 79.9. The zero-order valence-electron chi connectivity index (χ0n) is 12.1. The van der Waals surface area contributed by atoms with Gasteiger partial charge in [-0.3, -0.25) is 4.79 Å². The van der Waals surface area contributed by atoms with Crippen molar-refractivity contribution >= 4 is 33.2 Å². The fourth-order valence-electron chi connectivity index (χ4n) is 1.93. The van der Waals surface area contributed by atoms with E-state index in [0.717, 1.165) is 11.3 Å². The normalized spacial score (nSPS) is 10.3. The average molecular weight is 351 g/mol. The number of benzene rings is 2. The molecule has 0 saturated heterocycles. The number of aryl methyl sites for hydroxylation is 1. The molecule has 2 rings (SSSR count). The number of nitrogens with zero attached hydrogens (tertiary/aromatic N) is 1. The monoisotopic (exact) mass is 350 g/mol. The van der Waals surface area contributed by atoms with Crippen molar-refractivity contribution in [3.8, 4) is 0 Å². The number of hydrogen-bond acceptors (Lipinski definition) is 2. The fourth-order valence-corrected chi connectivity index (χ4v) is 2.29. The second-order valence-electron chi connectivity index (χ2n) is 4.97. The van der Waals surface area contributed by atoms with E-state index in [9.17, 15) is 9.18 Å². The lowest BCUT2D eigenvalue weighted by Crippen LogP contribution is -2.15. The van der Waals surface area contributed by atoms with Gasteiger partial charge in [0.1, 0.15) is 5.82 Å². The van der Waals surface area contributed by atoms with E-state index in [2.05, 4.69) is 21.2 Å². The molecule has 110 valence electrons.